The van der Waals surface area contributed by atoms with Crippen molar-refractivity contribution in [2.24, 2.45) is 0 Å². The molecular weight excluding hydrogens is 252 g/mol. The first-order chi connectivity index (χ1) is 8.77. The van der Waals surface area contributed by atoms with Crippen molar-refractivity contribution in [2.45, 2.75) is 0 Å². The predicted molar refractivity (Wildman–Crippen MR) is 69.1 cm³/mol. The van der Waals surface area contributed by atoms with E-state index < -0.39 is 0 Å². The Hall–Kier alpha value is -2.20. The fraction of sp³-hybridized carbons (Fsp3) is 0. The number of rotatable bonds is 2. The molecular formula is C13H9ClN2O2. The number of furan rings is 1. The van der Waals surface area contributed by atoms with Crippen LogP contribution in [0, 0.1) is 0 Å². The Labute approximate surface area is 108 Å². The third-order valence-corrected chi connectivity index (χ3v) is 2.95. The van der Waals surface area contributed by atoms with E-state index in [1.807, 2.05) is 30.3 Å². The first-order valence-electron chi connectivity index (χ1n) is 5.31. The van der Waals surface area contributed by atoms with Gasteiger partial charge < -0.3 is 14.7 Å². The average Bonchev–Trinajstić information content (AvgIpc) is 2.96. The first-order valence-corrected chi connectivity index (χ1v) is 5.69. The molecule has 2 heterocycles. The quantitative estimate of drug-likeness (QED) is 0.760. The zero-order valence-electron chi connectivity index (χ0n) is 9.26. The minimum Gasteiger partial charge on any atom is -0.452 e. The molecule has 0 fully saturated rings. The van der Waals surface area contributed by atoms with E-state index in [1.54, 1.807) is 6.07 Å². The number of nitrogens with two attached hydrogens (primary N) is 1. The Morgan fingerprint density at radius 3 is 2.56 bits per heavy atom. The minimum absolute atomic E-state index is 0.258. The van der Waals surface area contributed by atoms with E-state index in [1.165, 1.54) is 6.26 Å². The number of hydrogen-bond donors (Lipinski definition) is 1. The number of nitrogen functional groups attached to an aromatic ring is 1. The normalized spacial score (nSPS) is 10.7. The van der Waals surface area contributed by atoms with Gasteiger partial charge in [0, 0.05) is 0 Å². The predicted octanol–water partition coefficient (Wildman–Crippen LogP) is 3.84. The molecule has 18 heavy (non-hydrogen) atoms. The van der Waals surface area contributed by atoms with E-state index in [0.29, 0.717) is 11.3 Å². The molecule has 0 aliphatic heterocycles. The molecule has 0 aliphatic rings. The summed E-state index contributed by atoms with van der Waals surface area (Å²) in [5.41, 5.74) is 8.71. The Balaban J connectivity index is 2.22. The van der Waals surface area contributed by atoms with E-state index in [4.69, 9.17) is 26.3 Å². The second-order valence-electron chi connectivity index (χ2n) is 3.74. The maximum Gasteiger partial charge on any atom is 0.230 e. The molecule has 0 unspecified atom stereocenters. The topological polar surface area (TPSA) is 65.2 Å². The maximum absolute atomic E-state index is 5.95. The highest BCUT2D eigenvalue weighted by molar-refractivity contribution is 6.31. The van der Waals surface area contributed by atoms with Crippen LogP contribution in [-0.4, -0.2) is 5.16 Å². The smallest absolute Gasteiger partial charge is 0.230 e. The van der Waals surface area contributed by atoms with Crippen LogP contribution in [0.25, 0.3) is 22.4 Å². The van der Waals surface area contributed by atoms with Crippen molar-refractivity contribution >= 4 is 17.5 Å². The number of nitrogens with zero attached hydrogens (tertiary/aromatic N) is 1. The van der Waals surface area contributed by atoms with Gasteiger partial charge in [0.2, 0.25) is 11.1 Å². The monoisotopic (exact) mass is 260 g/mol. The van der Waals surface area contributed by atoms with Crippen LogP contribution in [0.15, 0.2) is 51.6 Å². The van der Waals surface area contributed by atoms with E-state index in [-0.39, 0.29) is 11.1 Å². The summed E-state index contributed by atoms with van der Waals surface area (Å²) in [5.74, 6) is 0.258. The van der Waals surface area contributed by atoms with Crippen molar-refractivity contribution in [1.29, 1.82) is 0 Å². The Morgan fingerprint density at radius 2 is 1.89 bits per heavy atom. The summed E-state index contributed by atoms with van der Waals surface area (Å²) in [5, 5.41) is 4.22. The van der Waals surface area contributed by atoms with Gasteiger partial charge in [-0.05, 0) is 23.2 Å². The van der Waals surface area contributed by atoms with Crippen molar-refractivity contribution in [3.05, 3.63) is 47.9 Å². The van der Waals surface area contributed by atoms with Crippen LogP contribution in [0.2, 0.25) is 5.22 Å². The second-order valence-corrected chi connectivity index (χ2v) is 4.09. The highest BCUT2D eigenvalue weighted by atomic mass is 35.5. The summed E-state index contributed by atoms with van der Waals surface area (Å²) in [6.07, 6.45) is 1.50. The Morgan fingerprint density at radius 1 is 1.11 bits per heavy atom. The molecule has 3 rings (SSSR count). The molecule has 4 nitrogen and oxygen atoms in total. The van der Waals surface area contributed by atoms with Gasteiger partial charge in [-0.15, -0.1) is 0 Å². The summed E-state index contributed by atoms with van der Waals surface area (Å²) in [6, 6.07) is 11.4. The molecule has 0 atom stereocenters. The van der Waals surface area contributed by atoms with Crippen molar-refractivity contribution in [3.63, 3.8) is 0 Å². The molecule has 0 spiro atoms. The van der Waals surface area contributed by atoms with E-state index in [9.17, 15) is 0 Å². The maximum atomic E-state index is 5.95. The van der Waals surface area contributed by atoms with Crippen molar-refractivity contribution < 1.29 is 8.94 Å². The fourth-order valence-corrected chi connectivity index (χ4v) is 2.04. The van der Waals surface area contributed by atoms with Crippen molar-refractivity contribution in [2.75, 3.05) is 5.73 Å². The molecule has 0 radical (unpaired) electrons. The van der Waals surface area contributed by atoms with Crippen molar-refractivity contribution in [1.82, 2.24) is 5.16 Å². The van der Waals surface area contributed by atoms with Gasteiger partial charge >= 0.3 is 0 Å². The van der Waals surface area contributed by atoms with Crippen molar-refractivity contribution in [3.8, 4) is 22.4 Å². The lowest BCUT2D eigenvalue weighted by atomic mass is 10.0. The Bertz CT molecular complexity index is 673. The molecule has 5 heteroatoms. The zero-order valence-corrected chi connectivity index (χ0v) is 10.0. The van der Waals surface area contributed by atoms with Gasteiger partial charge in [0.25, 0.3) is 0 Å². The molecule has 0 amide bonds. The zero-order chi connectivity index (χ0) is 12.5. The SMILES string of the molecule is Nc1onc(-c2ccoc2Cl)c1-c1ccccc1. The number of halogens is 1. The second kappa shape index (κ2) is 4.23. The van der Waals surface area contributed by atoms with Gasteiger partial charge in [-0.3, -0.25) is 0 Å². The molecule has 3 aromatic rings. The third kappa shape index (κ3) is 1.67. The number of aromatic nitrogens is 1. The van der Waals surface area contributed by atoms with Crippen LogP contribution in [0.5, 0.6) is 0 Å². The summed E-state index contributed by atoms with van der Waals surface area (Å²) < 4.78 is 10.1. The molecule has 0 aliphatic carbocycles. The summed E-state index contributed by atoms with van der Waals surface area (Å²) in [4.78, 5) is 0. The molecule has 0 saturated carbocycles. The van der Waals surface area contributed by atoms with Gasteiger partial charge in [-0.1, -0.05) is 35.5 Å². The fourth-order valence-electron chi connectivity index (χ4n) is 1.83. The molecule has 0 bridgehead atoms. The summed E-state index contributed by atoms with van der Waals surface area (Å²) in [6.45, 7) is 0. The van der Waals surface area contributed by atoms with E-state index >= 15 is 0 Å². The van der Waals surface area contributed by atoms with E-state index in [2.05, 4.69) is 5.16 Å². The lowest BCUT2D eigenvalue weighted by molar-refractivity contribution is 0.439. The van der Waals surface area contributed by atoms with Gasteiger partial charge in [0.1, 0.15) is 5.69 Å². The standard InChI is InChI=1S/C13H9ClN2O2/c14-12-9(6-7-17-12)11-10(13(15)18-16-11)8-4-2-1-3-5-8/h1-7H,15H2. The summed E-state index contributed by atoms with van der Waals surface area (Å²) >= 11 is 5.95. The Kier molecular flexibility index (Phi) is 2.57. The van der Waals surface area contributed by atoms with E-state index in [0.717, 1.165) is 11.1 Å². The molecule has 0 saturated heterocycles. The largest absolute Gasteiger partial charge is 0.452 e. The molecule has 1 aromatic carbocycles. The number of benzene rings is 1. The number of hydrogen-bond acceptors (Lipinski definition) is 4. The van der Waals surface area contributed by atoms with Crippen LogP contribution in [0.3, 0.4) is 0 Å². The lowest BCUT2D eigenvalue weighted by Crippen LogP contribution is -1.86. The number of anilines is 1. The summed E-state index contributed by atoms with van der Waals surface area (Å²) in [7, 11) is 0. The van der Waals surface area contributed by atoms with Gasteiger partial charge in [-0.2, -0.15) is 0 Å². The van der Waals surface area contributed by atoms with Crippen LogP contribution >= 0.6 is 11.6 Å². The van der Waals surface area contributed by atoms with Gasteiger partial charge in [0.05, 0.1) is 17.4 Å². The van der Waals surface area contributed by atoms with Crippen LogP contribution < -0.4 is 5.73 Å². The third-order valence-electron chi connectivity index (χ3n) is 2.65. The minimum atomic E-state index is 0.258. The highest BCUT2D eigenvalue weighted by Crippen LogP contribution is 2.39. The highest BCUT2D eigenvalue weighted by Gasteiger charge is 2.20. The molecule has 2 aromatic heterocycles. The average molecular weight is 261 g/mol. The first kappa shape index (κ1) is 10.9. The van der Waals surface area contributed by atoms with Crippen LogP contribution in [0.1, 0.15) is 0 Å². The van der Waals surface area contributed by atoms with Crippen LogP contribution in [0.4, 0.5) is 5.88 Å². The lowest BCUT2D eigenvalue weighted by Gasteiger charge is -2.00. The van der Waals surface area contributed by atoms with Gasteiger partial charge in [-0.25, -0.2) is 0 Å². The van der Waals surface area contributed by atoms with Gasteiger partial charge in [0.15, 0.2) is 0 Å². The molecule has 2 N–H and O–H groups in total. The molecule has 90 valence electrons. The van der Waals surface area contributed by atoms with Crippen LogP contribution in [-0.2, 0) is 0 Å².